The van der Waals surface area contributed by atoms with Gasteiger partial charge >= 0.3 is 0 Å². The SMILES string of the molecule is CC1CCC(CN)(c2nc(-c3ccc(Cl)cn3)no2)CC1. The first-order valence-electron chi connectivity index (χ1n) is 7.29. The lowest BCUT2D eigenvalue weighted by Crippen LogP contribution is -2.39. The lowest BCUT2D eigenvalue weighted by molar-refractivity contribution is 0.191. The third kappa shape index (κ3) is 2.80. The van der Waals surface area contributed by atoms with E-state index < -0.39 is 0 Å². The molecular formula is C15H19ClN4O. The molecule has 0 unspecified atom stereocenters. The first kappa shape index (κ1) is 14.5. The van der Waals surface area contributed by atoms with Gasteiger partial charge in [-0.2, -0.15) is 4.98 Å². The van der Waals surface area contributed by atoms with Gasteiger partial charge in [-0.1, -0.05) is 23.7 Å². The highest BCUT2D eigenvalue weighted by Crippen LogP contribution is 2.40. The van der Waals surface area contributed by atoms with E-state index in [1.807, 2.05) is 0 Å². The molecule has 21 heavy (non-hydrogen) atoms. The van der Waals surface area contributed by atoms with E-state index in [9.17, 15) is 0 Å². The Morgan fingerprint density at radius 2 is 2.14 bits per heavy atom. The van der Waals surface area contributed by atoms with Crippen molar-refractivity contribution in [1.29, 1.82) is 0 Å². The number of aromatic nitrogens is 3. The summed E-state index contributed by atoms with van der Waals surface area (Å²) in [6.07, 6.45) is 5.87. The van der Waals surface area contributed by atoms with E-state index in [0.29, 0.717) is 29.0 Å². The van der Waals surface area contributed by atoms with E-state index in [0.717, 1.165) is 31.6 Å². The van der Waals surface area contributed by atoms with Crippen molar-refractivity contribution in [3.05, 3.63) is 29.2 Å². The van der Waals surface area contributed by atoms with Crippen molar-refractivity contribution in [3.63, 3.8) is 0 Å². The van der Waals surface area contributed by atoms with Gasteiger partial charge in [-0.05, 0) is 43.7 Å². The minimum atomic E-state index is -0.176. The summed E-state index contributed by atoms with van der Waals surface area (Å²) in [5.74, 6) is 1.88. The molecule has 0 aliphatic heterocycles. The number of halogens is 1. The zero-order valence-corrected chi connectivity index (χ0v) is 12.8. The molecule has 2 heterocycles. The van der Waals surface area contributed by atoms with Crippen molar-refractivity contribution < 1.29 is 4.52 Å². The average Bonchev–Trinajstić information content (AvgIpc) is 3.00. The van der Waals surface area contributed by atoms with Crippen LogP contribution in [0.2, 0.25) is 5.02 Å². The summed E-state index contributed by atoms with van der Waals surface area (Å²) >= 11 is 5.84. The van der Waals surface area contributed by atoms with Crippen LogP contribution < -0.4 is 5.73 Å². The van der Waals surface area contributed by atoms with Gasteiger partial charge < -0.3 is 10.3 Å². The van der Waals surface area contributed by atoms with E-state index in [1.165, 1.54) is 0 Å². The van der Waals surface area contributed by atoms with Gasteiger partial charge in [-0.3, -0.25) is 4.98 Å². The van der Waals surface area contributed by atoms with Crippen LogP contribution in [0.15, 0.2) is 22.9 Å². The third-order valence-electron chi connectivity index (χ3n) is 4.46. The fourth-order valence-electron chi connectivity index (χ4n) is 2.87. The maximum atomic E-state index is 6.02. The molecule has 2 N–H and O–H groups in total. The molecule has 6 heteroatoms. The van der Waals surface area contributed by atoms with Gasteiger partial charge in [0.05, 0.1) is 10.4 Å². The number of hydrogen-bond donors (Lipinski definition) is 1. The van der Waals surface area contributed by atoms with E-state index >= 15 is 0 Å². The van der Waals surface area contributed by atoms with Crippen LogP contribution in [-0.2, 0) is 5.41 Å². The lowest BCUT2D eigenvalue weighted by Gasteiger charge is -2.35. The molecule has 1 aliphatic carbocycles. The van der Waals surface area contributed by atoms with Gasteiger partial charge in [0.15, 0.2) is 0 Å². The van der Waals surface area contributed by atoms with E-state index in [4.69, 9.17) is 21.9 Å². The molecule has 0 saturated heterocycles. The van der Waals surface area contributed by atoms with Gasteiger partial charge in [0.1, 0.15) is 5.69 Å². The Bertz CT molecular complexity index is 602. The van der Waals surface area contributed by atoms with Crippen molar-refractivity contribution in [2.24, 2.45) is 11.7 Å². The predicted octanol–water partition coefficient (Wildman–Crippen LogP) is 3.19. The van der Waals surface area contributed by atoms with Gasteiger partial charge in [-0.25, -0.2) is 0 Å². The maximum Gasteiger partial charge on any atom is 0.234 e. The number of hydrogen-bond acceptors (Lipinski definition) is 5. The fourth-order valence-corrected chi connectivity index (χ4v) is 2.98. The van der Waals surface area contributed by atoms with Crippen LogP contribution in [0.1, 0.15) is 38.5 Å². The molecule has 5 nitrogen and oxygen atoms in total. The topological polar surface area (TPSA) is 77.8 Å². The van der Waals surface area contributed by atoms with Crippen molar-refractivity contribution in [3.8, 4) is 11.5 Å². The Morgan fingerprint density at radius 1 is 1.38 bits per heavy atom. The molecule has 2 aromatic heterocycles. The van der Waals surface area contributed by atoms with Crippen molar-refractivity contribution in [2.75, 3.05) is 6.54 Å². The Kier molecular flexibility index (Phi) is 3.95. The minimum absolute atomic E-state index is 0.176. The van der Waals surface area contributed by atoms with E-state index in [-0.39, 0.29) is 5.41 Å². The number of pyridine rings is 1. The van der Waals surface area contributed by atoms with Crippen LogP contribution in [-0.4, -0.2) is 21.7 Å². The van der Waals surface area contributed by atoms with Crippen LogP contribution in [0.25, 0.3) is 11.5 Å². The summed E-state index contributed by atoms with van der Waals surface area (Å²) in [7, 11) is 0. The number of nitrogens with zero attached hydrogens (tertiary/aromatic N) is 3. The Morgan fingerprint density at radius 3 is 2.76 bits per heavy atom. The fraction of sp³-hybridized carbons (Fsp3) is 0.533. The molecule has 0 spiro atoms. The van der Waals surface area contributed by atoms with Crippen LogP contribution in [0.4, 0.5) is 0 Å². The highest BCUT2D eigenvalue weighted by molar-refractivity contribution is 6.30. The number of rotatable bonds is 3. The molecule has 0 aromatic carbocycles. The first-order chi connectivity index (χ1) is 10.1. The van der Waals surface area contributed by atoms with Gasteiger partial charge in [0.25, 0.3) is 0 Å². The molecule has 3 rings (SSSR count). The largest absolute Gasteiger partial charge is 0.338 e. The summed E-state index contributed by atoms with van der Waals surface area (Å²) in [4.78, 5) is 8.76. The van der Waals surface area contributed by atoms with Crippen molar-refractivity contribution in [1.82, 2.24) is 15.1 Å². The smallest absolute Gasteiger partial charge is 0.234 e. The van der Waals surface area contributed by atoms with Crippen LogP contribution >= 0.6 is 11.6 Å². The average molecular weight is 307 g/mol. The van der Waals surface area contributed by atoms with Crippen LogP contribution in [0.3, 0.4) is 0 Å². The van der Waals surface area contributed by atoms with Crippen LogP contribution in [0, 0.1) is 5.92 Å². The molecule has 0 radical (unpaired) electrons. The predicted molar refractivity (Wildman–Crippen MR) is 80.9 cm³/mol. The standard InChI is InChI=1S/C15H19ClN4O/c1-10-4-6-15(9-17,7-5-10)14-19-13(20-21-14)12-3-2-11(16)8-18-12/h2-3,8,10H,4-7,9,17H2,1H3. The molecule has 2 aromatic rings. The molecule has 1 saturated carbocycles. The monoisotopic (exact) mass is 306 g/mol. The van der Waals surface area contributed by atoms with Crippen LogP contribution in [0.5, 0.6) is 0 Å². The molecule has 0 bridgehead atoms. The van der Waals surface area contributed by atoms with Gasteiger partial charge in [0, 0.05) is 12.7 Å². The number of nitrogens with two attached hydrogens (primary N) is 1. The van der Waals surface area contributed by atoms with Gasteiger partial charge in [0.2, 0.25) is 11.7 Å². The van der Waals surface area contributed by atoms with Gasteiger partial charge in [-0.15, -0.1) is 0 Å². The molecular weight excluding hydrogens is 288 g/mol. The molecule has 0 amide bonds. The Hall–Kier alpha value is -1.46. The van der Waals surface area contributed by atoms with E-state index in [1.54, 1.807) is 18.3 Å². The highest BCUT2D eigenvalue weighted by Gasteiger charge is 2.39. The summed E-state index contributed by atoms with van der Waals surface area (Å²) in [6, 6.07) is 3.55. The molecule has 1 aliphatic rings. The molecule has 1 fully saturated rings. The quantitative estimate of drug-likeness (QED) is 0.942. The third-order valence-corrected chi connectivity index (χ3v) is 4.68. The molecule has 0 atom stereocenters. The first-order valence-corrected chi connectivity index (χ1v) is 7.67. The summed E-state index contributed by atoms with van der Waals surface area (Å²) in [5, 5.41) is 4.64. The van der Waals surface area contributed by atoms with Crippen molar-refractivity contribution >= 4 is 11.6 Å². The maximum absolute atomic E-state index is 6.02. The zero-order valence-electron chi connectivity index (χ0n) is 12.1. The minimum Gasteiger partial charge on any atom is -0.338 e. The molecule has 112 valence electrons. The normalized spacial score (nSPS) is 26.0. The Labute approximate surface area is 128 Å². The second-order valence-electron chi connectivity index (χ2n) is 5.95. The lowest BCUT2D eigenvalue weighted by atomic mass is 9.71. The Balaban J connectivity index is 1.88. The highest BCUT2D eigenvalue weighted by atomic mass is 35.5. The van der Waals surface area contributed by atoms with E-state index in [2.05, 4.69) is 22.0 Å². The second kappa shape index (κ2) is 5.73. The summed E-state index contributed by atoms with van der Waals surface area (Å²) < 4.78 is 5.50. The van der Waals surface area contributed by atoms with Crippen molar-refractivity contribution in [2.45, 2.75) is 38.0 Å². The summed E-state index contributed by atoms with van der Waals surface area (Å²) in [6.45, 7) is 2.81. The second-order valence-corrected chi connectivity index (χ2v) is 6.39. The summed E-state index contributed by atoms with van der Waals surface area (Å²) in [5.41, 5.74) is 6.50. The zero-order chi connectivity index (χ0) is 14.9.